The van der Waals surface area contributed by atoms with Crippen LogP contribution >= 0.6 is 0 Å². The van der Waals surface area contributed by atoms with Crippen LogP contribution in [-0.4, -0.2) is 16.1 Å². The van der Waals surface area contributed by atoms with E-state index in [1.807, 2.05) is 24.7 Å². The highest BCUT2D eigenvalue weighted by Gasteiger charge is 2.21. The summed E-state index contributed by atoms with van der Waals surface area (Å²) in [7, 11) is 0. The van der Waals surface area contributed by atoms with Gasteiger partial charge in [0.15, 0.2) is 0 Å². The first-order valence-electron chi connectivity index (χ1n) is 7.12. The molecule has 0 bridgehead atoms. The molecule has 1 N–H and O–H groups in total. The molecule has 0 radical (unpaired) electrons. The number of rotatable bonds is 5. The third-order valence-corrected chi connectivity index (χ3v) is 3.98. The summed E-state index contributed by atoms with van der Waals surface area (Å²) in [5.41, 5.74) is 1.32. The quantitative estimate of drug-likeness (QED) is 0.897. The Morgan fingerprint density at radius 3 is 3.26 bits per heavy atom. The molecule has 1 aliphatic heterocycles. The predicted octanol–water partition coefficient (Wildman–Crippen LogP) is 3.09. The summed E-state index contributed by atoms with van der Waals surface area (Å²) >= 11 is 0. The fourth-order valence-corrected chi connectivity index (χ4v) is 2.84. The molecule has 3 heterocycles. The second kappa shape index (κ2) is 5.61. The molecule has 4 heteroatoms. The van der Waals surface area contributed by atoms with Crippen LogP contribution in [0.5, 0.6) is 0 Å². The van der Waals surface area contributed by atoms with Gasteiger partial charge in [0.25, 0.3) is 0 Å². The zero-order chi connectivity index (χ0) is 13.1. The molecule has 0 spiro atoms. The molecule has 19 heavy (non-hydrogen) atoms. The Bertz CT molecular complexity index is 497. The van der Waals surface area contributed by atoms with E-state index < -0.39 is 0 Å². The normalized spacial score (nSPS) is 20.8. The maximum absolute atomic E-state index is 5.39. The smallest absolute Gasteiger partial charge is 0.103 e. The second-order valence-corrected chi connectivity index (χ2v) is 5.34. The average Bonchev–Trinajstić information content (AvgIpc) is 3.14. The van der Waals surface area contributed by atoms with Crippen molar-refractivity contribution in [2.24, 2.45) is 0 Å². The Hall–Kier alpha value is -1.55. The Balaban J connectivity index is 1.66. The van der Waals surface area contributed by atoms with Gasteiger partial charge in [0.1, 0.15) is 5.76 Å². The van der Waals surface area contributed by atoms with Gasteiger partial charge >= 0.3 is 0 Å². The van der Waals surface area contributed by atoms with Crippen LogP contribution in [0.3, 0.4) is 0 Å². The lowest BCUT2D eigenvalue weighted by Crippen LogP contribution is -2.18. The first kappa shape index (κ1) is 12.5. The lowest BCUT2D eigenvalue weighted by molar-refractivity contribution is 0.434. The van der Waals surface area contributed by atoms with Crippen molar-refractivity contribution in [1.29, 1.82) is 0 Å². The van der Waals surface area contributed by atoms with E-state index in [0.717, 1.165) is 25.1 Å². The maximum Gasteiger partial charge on any atom is 0.103 e. The number of aromatic nitrogens is 2. The minimum Gasteiger partial charge on any atom is -0.469 e. The van der Waals surface area contributed by atoms with E-state index in [-0.39, 0.29) is 0 Å². The van der Waals surface area contributed by atoms with Crippen molar-refractivity contribution >= 4 is 0 Å². The summed E-state index contributed by atoms with van der Waals surface area (Å²) in [5, 5.41) is 3.54. The lowest BCUT2D eigenvalue weighted by Gasteiger charge is -2.19. The molecule has 0 aliphatic carbocycles. The van der Waals surface area contributed by atoms with Crippen LogP contribution in [0.4, 0.5) is 0 Å². The maximum atomic E-state index is 5.39. The van der Waals surface area contributed by atoms with Crippen molar-refractivity contribution in [1.82, 2.24) is 14.9 Å². The van der Waals surface area contributed by atoms with Crippen molar-refractivity contribution < 1.29 is 4.42 Å². The van der Waals surface area contributed by atoms with Gasteiger partial charge in [-0.1, -0.05) is 0 Å². The fourth-order valence-electron chi connectivity index (χ4n) is 2.84. The molecule has 0 amide bonds. The van der Waals surface area contributed by atoms with Gasteiger partial charge in [-0.05, 0) is 44.9 Å². The van der Waals surface area contributed by atoms with E-state index in [1.165, 1.54) is 18.5 Å². The van der Waals surface area contributed by atoms with Crippen molar-refractivity contribution in [3.05, 3.63) is 42.4 Å². The average molecular weight is 259 g/mol. The number of hydrogen-bond acceptors (Lipinski definition) is 3. The molecule has 2 atom stereocenters. The highest BCUT2D eigenvalue weighted by atomic mass is 16.3. The first-order valence-corrected chi connectivity index (χ1v) is 7.12. The highest BCUT2D eigenvalue weighted by Crippen LogP contribution is 2.26. The zero-order valence-corrected chi connectivity index (χ0v) is 11.4. The molecule has 1 fully saturated rings. The molecule has 3 rings (SSSR count). The van der Waals surface area contributed by atoms with Gasteiger partial charge < -0.3 is 14.3 Å². The summed E-state index contributed by atoms with van der Waals surface area (Å²) in [6.45, 7) is 3.37. The Morgan fingerprint density at radius 1 is 1.58 bits per heavy atom. The topological polar surface area (TPSA) is 43.0 Å². The van der Waals surface area contributed by atoms with Gasteiger partial charge in [-0.3, -0.25) is 0 Å². The zero-order valence-electron chi connectivity index (χ0n) is 11.4. The van der Waals surface area contributed by atoms with Crippen LogP contribution in [0, 0.1) is 0 Å². The molecule has 2 aromatic rings. The number of furan rings is 1. The summed E-state index contributed by atoms with van der Waals surface area (Å²) in [6.07, 6.45) is 10.2. The van der Waals surface area contributed by atoms with Crippen molar-refractivity contribution in [2.45, 2.75) is 44.7 Å². The summed E-state index contributed by atoms with van der Waals surface area (Å²) in [4.78, 5) is 4.33. The number of nitrogens with one attached hydrogen (secondary N) is 1. The molecule has 2 aromatic heterocycles. The first-order chi connectivity index (χ1) is 9.34. The third-order valence-electron chi connectivity index (χ3n) is 3.98. The van der Waals surface area contributed by atoms with Gasteiger partial charge in [0.05, 0.1) is 18.3 Å². The second-order valence-electron chi connectivity index (χ2n) is 5.34. The van der Waals surface area contributed by atoms with E-state index in [0.29, 0.717) is 12.1 Å². The van der Waals surface area contributed by atoms with Gasteiger partial charge in [0, 0.05) is 24.7 Å². The van der Waals surface area contributed by atoms with Crippen molar-refractivity contribution in [2.75, 3.05) is 6.54 Å². The molecule has 1 unspecified atom stereocenters. The van der Waals surface area contributed by atoms with Crippen LogP contribution in [0.1, 0.15) is 49.7 Å². The molecular weight excluding hydrogens is 238 g/mol. The molecule has 0 saturated carbocycles. The van der Waals surface area contributed by atoms with Gasteiger partial charge in [0.2, 0.25) is 0 Å². The number of imidazole rings is 1. The lowest BCUT2D eigenvalue weighted by atomic mass is 10.1. The SMILES string of the molecule is CC(CCc1ccco1)n1cncc1[C@@H]1CCCN1. The molecule has 4 nitrogen and oxygen atoms in total. The van der Waals surface area contributed by atoms with Crippen LogP contribution in [-0.2, 0) is 6.42 Å². The molecule has 102 valence electrons. The summed E-state index contributed by atoms with van der Waals surface area (Å²) in [6, 6.07) is 4.92. The molecule has 1 saturated heterocycles. The van der Waals surface area contributed by atoms with Gasteiger partial charge in [-0.15, -0.1) is 0 Å². The van der Waals surface area contributed by atoms with Crippen LogP contribution < -0.4 is 5.32 Å². The van der Waals surface area contributed by atoms with E-state index in [4.69, 9.17) is 4.42 Å². The minimum absolute atomic E-state index is 0.449. The Kier molecular flexibility index (Phi) is 3.69. The van der Waals surface area contributed by atoms with E-state index >= 15 is 0 Å². The largest absolute Gasteiger partial charge is 0.469 e. The van der Waals surface area contributed by atoms with E-state index in [1.54, 1.807) is 6.26 Å². The summed E-state index contributed by atoms with van der Waals surface area (Å²) in [5.74, 6) is 1.06. The molecule has 1 aliphatic rings. The number of aryl methyl sites for hydroxylation is 1. The number of nitrogens with zero attached hydrogens (tertiary/aromatic N) is 2. The fraction of sp³-hybridized carbons (Fsp3) is 0.533. The number of hydrogen-bond donors (Lipinski definition) is 1. The van der Waals surface area contributed by atoms with Crippen molar-refractivity contribution in [3.63, 3.8) is 0 Å². The highest BCUT2D eigenvalue weighted by molar-refractivity contribution is 5.08. The Morgan fingerprint density at radius 2 is 2.53 bits per heavy atom. The molecule has 0 aromatic carbocycles. The van der Waals surface area contributed by atoms with Crippen molar-refractivity contribution in [3.8, 4) is 0 Å². The molecular formula is C15H21N3O. The van der Waals surface area contributed by atoms with Crippen LogP contribution in [0.2, 0.25) is 0 Å². The van der Waals surface area contributed by atoms with E-state index in [2.05, 4.69) is 21.8 Å². The van der Waals surface area contributed by atoms with Gasteiger partial charge in [-0.25, -0.2) is 4.98 Å². The monoisotopic (exact) mass is 259 g/mol. The van der Waals surface area contributed by atoms with Gasteiger partial charge in [-0.2, -0.15) is 0 Å². The van der Waals surface area contributed by atoms with Crippen LogP contribution in [0.15, 0.2) is 35.3 Å². The predicted molar refractivity (Wildman–Crippen MR) is 73.9 cm³/mol. The van der Waals surface area contributed by atoms with Crippen LogP contribution in [0.25, 0.3) is 0 Å². The minimum atomic E-state index is 0.449. The summed E-state index contributed by atoms with van der Waals surface area (Å²) < 4.78 is 7.71. The van der Waals surface area contributed by atoms with E-state index in [9.17, 15) is 0 Å². The standard InChI is InChI=1S/C15H21N3O/c1-12(6-7-13-4-3-9-19-13)18-11-16-10-15(18)14-5-2-8-17-14/h3-4,9-12,14,17H,2,5-8H2,1H3/t12?,14-/m0/s1. The Labute approximate surface area is 113 Å². The third kappa shape index (κ3) is 2.73.